The number of nitrogens with two attached hydrogens (primary N) is 1. The van der Waals surface area contributed by atoms with E-state index in [0.717, 1.165) is 41.3 Å². The number of hydrogen-bond donors (Lipinski definition) is 5. The number of rotatable bonds is 9. The van der Waals surface area contributed by atoms with Crippen molar-refractivity contribution in [3.8, 4) is 0 Å². The summed E-state index contributed by atoms with van der Waals surface area (Å²) in [6.07, 6.45) is -0.489. The highest BCUT2D eigenvalue weighted by molar-refractivity contribution is 8.23. The van der Waals surface area contributed by atoms with E-state index < -0.39 is 46.4 Å². The molecular weight excluding hydrogens is 512 g/mol. The van der Waals surface area contributed by atoms with E-state index in [-0.39, 0.29) is 30.0 Å². The molecule has 0 radical (unpaired) electrons. The Balaban J connectivity index is 1.63. The first-order valence-corrected chi connectivity index (χ1v) is 14.3. The Kier molecular flexibility index (Phi) is 8.69. The lowest BCUT2D eigenvalue weighted by Crippen LogP contribution is -2.54. The molecular formula is C28H33F2N3O4S. The molecule has 0 spiro atoms. The molecule has 0 aromatic heterocycles. The van der Waals surface area contributed by atoms with E-state index in [0.29, 0.717) is 5.69 Å². The van der Waals surface area contributed by atoms with Crippen LogP contribution >= 0.6 is 10.6 Å². The first-order chi connectivity index (χ1) is 18.1. The van der Waals surface area contributed by atoms with Crippen LogP contribution in [-0.4, -0.2) is 44.7 Å². The zero-order chi connectivity index (χ0) is 27.4. The number of halogens is 2. The summed E-state index contributed by atoms with van der Waals surface area (Å²) in [7, 11) is -2.88. The van der Waals surface area contributed by atoms with Crippen LogP contribution in [0, 0.1) is 11.6 Å². The number of hydrogen-bond acceptors (Lipinski definition) is 5. The van der Waals surface area contributed by atoms with Crippen molar-refractivity contribution in [1.29, 1.82) is 0 Å². The molecule has 0 fully saturated rings. The predicted octanol–water partition coefficient (Wildman–Crippen LogP) is 4.98. The molecule has 38 heavy (non-hydrogen) atoms. The highest BCUT2D eigenvalue weighted by Crippen LogP contribution is 2.50. The van der Waals surface area contributed by atoms with E-state index in [1.807, 2.05) is 25.1 Å². The third-order valence-corrected chi connectivity index (χ3v) is 8.44. The summed E-state index contributed by atoms with van der Waals surface area (Å²) < 4.78 is 49.0. The van der Waals surface area contributed by atoms with Crippen LogP contribution in [0.25, 0.3) is 0 Å². The summed E-state index contributed by atoms with van der Waals surface area (Å²) in [5.74, 6) is -1.29. The molecule has 1 aliphatic rings. The maximum absolute atomic E-state index is 14.0. The van der Waals surface area contributed by atoms with Crippen LogP contribution in [-0.2, 0) is 18.6 Å². The number of aliphatic hydroxyl groups is 1. The molecule has 0 aliphatic carbocycles. The lowest BCUT2D eigenvalue weighted by Gasteiger charge is -2.42. The predicted molar refractivity (Wildman–Crippen MR) is 146 cm³/mol. The van der Waals surface area contributed by atoms with Gasteiger partial charge in [0.25, 0.3) is 0 Å². The summed E-state index contributed by atoms with van der Waals surface area (Å²) in [4.78, 5) is 13.8. The second-order valence-electron chi connectivity index (χ2n) is 9.62. The van der Waals surface area contributed by atoms with Gasteiger partial charge in [0.05, 0.1) is 29.7 Å². The monoisotopic (exact) mass is 545 g/mol. The molecule has 0 saturated heterocycles. The fourth-order valence-electron chi connectivity index (χ4n) is 4.99. The van der Waals surface area contributed by atoms with Crippen molar-refractivity contribution in [3.05, 3.63) is 101 Å². The summed E-state index contributed by atoms with van der Waals surface area (Å²) in [5.41, 5.74) is 9.27. The number of para-hydroxylation sites is 1. The topological polar surface area (TPSA) is 119 Å². The molecule has 2 amide bonds. The standard InChI is InChI=1S/C28H33F2N3O4S/c1-2-18-8-9-20-16-38(36,37)17-25(24(20)12-18)32-15-27(34)26(13-19-10-21(29)14-22(30)11-19)33(28(31)35)23-6-4-3-5-7-23/h3-12,14,25-27,32,34,36-37H,2,13,15-17H2,1H3,(H2,31,35)/t25-,26-,27+/m0/s1. The maximum atomic E-state index is 14.0. The first-order valence-electron chi connectivity index (χ1n) is 12.4. The van der Waals surface area contributed by atoms with Gasteiger partial charge < -0.3 is 16.2 Å². The van der Waals surface area contributed by atoms with Crippen molar-refractivity contribution in [2.24, 2.45) is 5.73 Å². The Morgan fingerprint density at radius 2 is 1.76 bits per heavy atom. The fraction of sp³-hybridized carbons (Fsp3) is 0.321. The minimum atomic E-state index is -2.88. The molecule has 1 heterocycles. The average molecular weight is 546 g/mol. The second kappa shape index (κ2) is 11.8. The Labute approximate surface area is 222 Å². The molecule has 1 aliphatic heterocycles. The number of benzene rings is 3. The number of aryl methyl sites for hydroxylation is 1. The number of nitrogens with one attached hydrogen (secondary N) is 1. The molecule has 7 nitrogen and oxygen atoms in total. The summed E-state index contributed by atoms with van der Waals surface area (Å²) in [6, 6.07) is 15.2. The minimum absolute atomic E-state index is 0.0466. The number of urea groups is 1. The smallest absolute Gasteiger partial charge is 0.319 e. The molecule has 0 unspecified atom stereocenters. The van der Waals surface area contributed by atoms with Crippen molar-refractivity contribution in [2.75, 3.05) is 17.2 Å². The van der Waals surface area contributed by atoms with E-state index in [4.69, 9.17) is 5.73 Å². The number of nitrogens with zero attached hydrogens (tertiary/aromatic N) is 1. The maximum Gasteiger partial charge on any atom is 0.319 e. The van der Waals surface area contributed by atoms with Gasteiger partial charge in [0.15, 0.2) is 0 Å². The van der Waals surface area contributed by atoms with Crippen molar-refractivity contribution >= 4 is 22.3 Å². The highest BCUT2D eigenvalue weighted by Gasteiger charge is 2.34. The molecule has 0 bridgehead atoms. The lowest BCUT2D eigenvalue weighted by molar-refractivity contribution is 0.135. The van der Waals surface area contributed by atoms with Crippen LogP contribution in [0.3, 0.4) is 0 Å². The van der Waals surface area contributed by atoms with Crippen LogP contribution in [0.2, 0.25) is 0 Å². The third-order valence-electron chi connectivity index (χ3n) is 6.80. The largest absolute Gasteiger partial charge is 0.390 e. The summed E-state index contributed by atoms with van der Waals surface area (Å²) in [6.45, 7) is 1.99. The van der Waals surface area contributed by atoms with Gasteiger partial charge in [-0.1, -0.05) is 43.3 Å². The number of primary amides is 1. The van der Waals surface area contributed by atoms with Gasteiger partial charge in [0, 0.05) is 18.3 Å². The number of anilines is 1. The molecule has 204 valence electrons. The van der Waals surface area contributed by atoms with E-state index in [1.54, 1.807) is 30.3 Å². The SMILES string of the molecule is CCc1ccc2c(c1)[C@@H](NC[C@@H](O)[C@H](Cc1cc(F)cc(F)c1)N(C(N)=O)c1ccccc1)CS(O)(O)C2. The Morgan fingerprint density at radius 1 is 1.08 bits per heavy atom. The number of amides is 2. The minimum Gasteiger partial charge on any atom is -0.390 e. The zero-order valence-corrected chi connectivity index (χ0v) is 21.9. The normalized spacial score (nSPS) is 18.7. The second-order valence-corrected chi connectivity index (χ2v) is 11.8. The fourth-order valence-corrected chi connectivity index (χ4v) is 6.70. The van der Waals surface area contributed by atoms with Crippen molar-refractivity contribution in [2.45, 2.75) is 43.7 Å². The van der Waals surface area contributed by atoms with Crippen LogP contribution in [0.15, 0.2) is 66.7 Å². The molecule has 3 atom stereocenters. The van der Waals surface area contributed by atoms with E-state index >= 15 is 0 Å². The van der Waals surface area contributed by atoms with Gasteiger partial charge >= 0.3 is 6.03 Å². The number of aliphatic hydroxyl groups excluding tert-OH is 1. The molecule has 0 saturated carbocycles. The van der Waals surface area contributed by atoms with Gasteiger partial charge in [0.2, 0.25) is 0 Å². The average Bonchev–Trinajstić information content (AvgIpc) is 2.85. The third kappa shape index (κ3) is 6.69. The summed E-state index contributed by atoms with van der Waals surface area (Å²) in [5, 5.41) is 14.6. The zero-order valence-electron chi connectivity index (χ0n) is 21.1. The highest BCUT2D eigenvalue weighted by atomic mass is 32.3. The van der Waals surface area contributed by atoms with E-state index in [1.165, 1.54) is 4.90 Å². The summed E-state index contributed by atoms with van der Waals surface area (Å²) >= 11 is 0. The van der Waals surface area contributed by atoms with E-state index in [2.05, 4.69) is 5.32 Å². The molecule has 6 N–H and O–H groups in total. The van der Waals surface area contributed by atoms with Gasteiger partial charge in [-0.15, -0.1) is 0 Å². The first kappa shape index (κ1) is 28.0. The van der Waals surface area contributed by atoms with Crippen LogP contribution in [0.4, 0.5) is 19.3 Å². The Hall–Kier alpha value is -3.02. The molecule has 4 rings (SSSR count). The number of carbonyl (C=O) groups is 1. The molecule has 3 aromatic rings. The van der Waals surface area contributed by atoms with Crippen LogP contribution in [0.1, 0.15) is 35.2 Å². The van der Waals surface area contributed by atoms with Crippen LogP contribution in [0.5, 0.6) is 0 Å². The Bertz CT molecular complexity index is 1260. The molecule has 10 heteroatoms. The van der Waals surface area contributed by atoms with Crippen molar-refractivity contribution in [3.63, 3.8) is 0 Å². The van der Waals surface area contributed by atoms with E-state index in [9.17, 15) is 27.8 Å². The van der Waals surface area contributed by atoms with Gasteiger partial charge in [0.1, 0.15) is 11.6 Å². The van der Waals surface area contributed by atoms with Gasteiger partial charge in [-0.25, -0.2) is 13.6 Å². The van der Waals surface area contributed by atoms with Gasteiger partial charge in [-0.05, 0) is 59.4 Å². The number of fused-ring (bicyclic) bond motifs is 1. The van der Waals surface area contributed by atoms with Gasteiger partial charge in [-0.3, -0.25) is 14.0 Å². The molecule has 3 aromatic carbocycles. The van der Waals surface area contributed by atoms with Crippen LogP contribution < -0.4 is 16.0 Å². The van der Waals surface area contributed by atoms with Crippen molar-refractivity contribution < 1.29 is 27.8 Å². The lowest BCUT2D eigenvalue weighted by atomic mass is 9.96. The Morgan fingerprint density at radius 3 is 2.39 bits per heavy atom. The van der Waals surface area contributed by atoms with Gasteiger partial charge in [-0.2, -0.15) is 10.6 Å². The quantitative estimate of drug-likeness (QED) is 0.260. The number of carbonyl (C=O) groups excluding carboxylic acids is 1. The van der Waals surface area contributed by atoms with Crippen molar-refractivity contribution in [1.82, 2.24) is 5.32 Å².